The molecule has 3 aliphatic rings. The van der Waals surface area contributed by atoms with E-state index in [9.17, 15) is 0 Å². The zero-order valence-electron chi connectivity index (χ0n) is 16.3. The second-order valence-electron chi connectivity index (χ2n) is 7.95. The van der Waals surface area contributed by atoms with Crippen LogP contribution in [-0.4, -0.2) is 39.0 Å². The van der Waals surface area contributed by atoms with E-state index < -0.39 is 0 Å². The van der Waals surface area contributed by atoms with Crippen molar-refractivity contribution in [1.29, 1.82) is 0 Å². The topological polar surface area (TPSA) is 47.1 Å². The second-order valence-corrected chi connectivity index (χ2v) is 9.04. The van der Waals surface area contributed by atoms with Crippen LogP contribution < -0.4 is 24.0 Å². The molecule has 1 spiro atoms. The highest BCUT2D eigenvalue weighted by Crippen LogP contribution is 2.54. The molecule has 7 heteroatoms. The molecule has 1 atom stereocenters. The second kappa shape index (κ2) is 6.03. The molecule has 0 saturated heterocycles. The molecule has 0 radical (unpaired) electrons. The number of aromatic nitrogens is 1. The van der Waals surface area contributed by atoms with Gasteiger partial charge in [0.15, 0.2) is 16.6 Å². The van der Waals surface area contributed by atoms with Crippen LogP contribution in [0.4, 0.5) is 10.8 Å². The van der Waals surface area contributed by atoms with Crippen molar-refractivity contribution in [3.63, 3.8) is 0 Å². The van der Waals surface area contributed by atoms with Crippen LogP contribution in [-0.2, 0) is 12.0 Å². The third kappa shape index (κ3) is 2.43. The van der Waals surface area contributed by atoms with Gasteiger partial charge in [-0.15, -0.1) is 11.3 Å². The Morgan fingerprint density at radius 2 is 1.90 bits per heavy atom. The monoisotopic (exact) mass is 407 g/mol. The maximum Gasteiger partial charge on any atom is 0.231 e. The maximum absolute atomic E-state index is 6.17. The minimum Gasteiger partial charge on any atom is -0.492 e. The normalized spacial score (nSPS) is 20.7. The van der Waals surface area contributed by atoms with Crippen molar-refractivity contribution in [3.05, 3.63) is 58.6 Å². The van der Waals surface area contributed by atoms with Crippen molar-refractivity contribution in [1.82, 2.24) is 4.98 Å². The van der Waals surface area contributed by atoms with Crippen molar-refractivity contribution >= 4 is 22.2 Å². The van der Waals surface area contributed by atoms with E-state index in [-0.39, 0.29) is 12.2 Å². The molecule has 4 heterocycles. The highest BCUT2D eigenvalue weighted by molar-refractivity contribution is 7.15. The number of ether oxygens (including phenoxy) is 3. The zero-order valence-corrected chi connectivity index (χ0v) is 17.2. The first kappa shape index (κ1) is 17.0. The van der Waals surface area contributed by atoms with E-state index in [1.165, 1.54) is 21.7 Å². The summed E-state index contributed by atoms with van der Waals surface area (Å²) in [7, 11) is 4.06. The maximum atomic E-state index is 6.17. The Kier molecular flexibility index (Phi) is 3.53. The number of anilines is 2. The first-order valence-electron chi connectivity index (χ1n) is 9.67. The number of rotatable bonds is 3. The lowest BCUT2D eigenvalue weighted by Gasteiger charge is -2.25. The van der Waals surface area contributed by atoms with E-state index in [2.05, 4.69) is 45.1 Å². The van der Waals surface area contributed by atoms with Gasteiger partial charge in [-0.05, 0) is 17.7 Å². The smallest absolute Gasteiger partial charge is 0.231 e. The van der Waals surface area contributed by atoms with Crippen LogP contribution in [0.1, 0.15) is 16.0 Å². The number of hydrogen-bond acceptors (Lipinski definition) is 7. The summed E-state index contributed by atoms with van der Waals surface area (Å²) >= 11 is 1.74. The Morgan fingerprint density at radius 3 is 2.72 bits per heavy atom. The molecular formula is C22H21N3O3S. The SMILES string of the molecule is CN(C)c1ncc(CN2CC3(COc4cc5c(cc43)OCO5)c3ccccc32)s1. The molecule has 0 amide bonds. The summed E-state index contributed by atoms with van der Waals surface area (Å²) in [5, 5.41) is 1.03. The molecule has 0 saturated carbocycles. The molecule has 0 fully saturated rings. The molecule has 2 aromatic carbocycles. The van der Waals surface area contributed by atoms with Gasteiger partial charge in [-0.2, -0.15) is 0 Å². The van der Waals surface area contributed by atoms with Crippen LogP contribution >= 0.6 is 11.3 Å². The fourth-order valence-corrected chi connectivity index (χ4v) is 5.45. The first-order chi connectivity index (χ1) is 14.1. The lowest BCUT2D eigenvalue weighted by Crippen LogP contribution is -2.35. The first-order valence-corrected chi connectivity index (χ1v) is 10.5. The van der Waals surface area contributed by atoms with Crippen LogP contribution in [0.15, 0.2) is 42.6 Å². The van der Waals surface area contributed by atoms with Gasteiger partial charge < -0.3 is 24.0 Å². The highest BCUT2D eigenvalue weighted by atomic mass is 32.1. The molecule has 1 unspecified atom stereocenters. The molecule has 0 bridgehead atoms. The van der Waals surface area contributed by atoms with Gasteiger partial charge in [-0.25, -0.2) is 4.98 Å². The summed E-state index contributed by atoms with van der Waals surface area (Å²) in [6, 6.07) is 12.8. The Bertz CT molecular complexity index is 1110. The van der Waals surface area contributed by atoms with Crippen molar-refractivity contribution in [2.75, 3.05) is 43.8 Å². The summed E-state index contributed by atoms with van der Waals surface area (Å²) in [6.45, 7) is 2.61. The molecule has 0 N–H and O–H groups in total. The molecule has 148 valence electrons. The summed E-state index contributed by atoms with van der Waals surface area (Å²) in [5.41, 5.74) is 3.58. The lowest BCUT2D eigenvalue weighted by atomic mass is 9.77. The van der Waals surface area contributed by atoms with Gasteiger partial charge in [0.05, 0.1) is 12.0 Å². The standard InChI is InChI=1S/C22H21N3O3S/c1-24(2)21-23-9-14(29-21)10-25-11-22(15-5-3-4-6-17(15)25)12-26-18-8-20-19(7-16(18)22)27-13-28-20/h3-9H,10-13H2,1-2H3. The van der Waals surface area contributed by atoms with Crippen LogP contribution in [0.5, 0.6) is 17.2 Å². The Hall–Kier alpha value is -2.93. The van der Waals surface area contributed by atoms with Gasteiger partial charge in [0.25, 0.3) is 0 Å². The summed E-state index contributed by atoms with van der Waals surface area (Å²) < 4.78 is 17.4. The lowest BCUT2D eigenvalue weighted by molar-refractivity contribution is 0.173. The van der Waals surface area contributed by atoms with Gasteiger partial charge in [0.2, 0.25) is 6.79 Å². The fourth-order valence-electron chi connectivity index (χ4n) is 4.61. The molecule has 3 aliphatic heterocycles. The average molecular weight is 407 g/mol. The van der Waals surface area contributed by atoms with Crippen LogP contribution in [0, 0.1) is 0 Å². The number of nitrogens with zero attached hydrogens (tertiary/aromatic N) is 3. The molecule has 3 aromatic rings. The number of hydrogen-bond donors (Lipinski definition) is 0. The number of benzene rings is 2. The van der Waals surface area contributed by atoms with Crippen molar-refractivity contribution in [2.24, 2.45) is 0 Å². The minimum atomic E-state index is -0.192. The number of fused-ring (bicyclic) bond motifs is 5. The third-order valence-electron chi connectivity index (χ3n) is 5.96. The molecule has 0 aliphatic carbocycles. The Morgan fingerprint density at radius 1 is 1.07 bits per heavy atom. The van der Waals surface area contributed by atoms with Gasteiger partial charge in [-0.3, -0.25) is 0 Å². The van der Waals surface area contributed by atoms with E-state index in [4.69, 9.17) is 14.2 Å². The zero-order chi connectivity index (χ0) is 19.6. The molecule has 1 aromatic heterocycles. The Balaban J connectivity index is 1.41. The largest absolute Gasteiger partial charge is 0.492 e. The molecule has 6 nitrogen and oxygen atoms in total. The van der Waals surface area contributed by atoms with Crippen LogP contribution in [0.3, 0.4) is 0 Å². The van der Waals surface area contributed by atoms with E-state index in [0.717, 1.165) is 35.5 Å². The summed E-state index contributed by atoms with van der Waals surface area (Å²) in [6.07, 6.45) is 1.99. The van der Waals surface area contributed by atoms with Crippen molar-refractivity contribution in [2.45, 2.75) is 12.0 Å². The fraction of sp³-hybridized carbons (Fsp3) is 0.318. The van der Waals surface area contributed by atoms with E-state index in [0.29, 0.717) is 6.61 Å². The van der Waals surface area contributed by atoms with Crippen molar-refractivity contribution < 1.29 is 14.2 Å². The van der Waals surface area contributed by atoms with Gasteiger partial charge in [-0.1, -0.05) is 18.2 Å². The van der Waals surface area contributed by atoms with Gasteiger partial charge in [0, 0.05) is 49.0 Å². The predicted molar refractivity (Wildman–Crippen MR) is 113 cm³/mol. The minimum absolute atomic E-state index is 0.192. The predicted octanol–water partition coefficient (Wildman–Crippen LogP) is 3.64. The summed E-state index contributed by atoms with van der Waals surface area (Å²) in [5.74, 6) is 2.48. The van der Waals surface area contributed by atoms with Gasteiger partial charge in [0.1, 0.15) is 12.4 Å². The molecule has 6 rings (SSSR count). The van der Waals surface area contributed by atoms with Crippen LogP contribution in [0.2, 0.25) is 0 Å². The number of para-hydroxylation sites is 1. The van der Waals surface area contributed by atoms with Gasteiger partial charge >= 0.3 is 0 Å². The van der Waals surface area contributed by atoms with E-state index in [1.54, 1.807) is 11.3 Å². The van der Waals surface area contributed by atoms with Crippen molar-refractivity contribution in [3.8, 4) is 17.2 Å². The average Bonchev–Trinajstić information content (AvgIpc) is 3.49. The van der Waals surface area contributed by atoms with E-state index >= 15 is 0 Å². The third-order valence-corrected chi connectivity index (χ3v) is 7.11. The summed E-state index contributed by atoms with van der Waals surface area (Å²) in [4.78, 5) is 10.3. The quantitative estimate of drug-likeness (QED) is 0.661. The molecule has 29 heavy (non-hydrogen) atoms. The Labute approximate surface area is 173 Å². The van der Waals surface area contributed by atoms with Crippen LogP contribution in [0.25, 0.3) is 0 Å². The number of thiazole rings is 1. The van der Waals surface area contributed by atoms with E-state index in [1.807, 2.05) is 26.4 Å². The highest BCUT2D eigenvalue weighted by Gasteiger charge is 2.50. The molecular weight excluding hydrogens is 386 g/mol.